The van der Waals surface area contributed by atoms with Gasteiger partial charge in [0.25, 0.3) is 0 Å². The van der Waals surface area contributed by atoms with E-state index in [1.54, 1.807) is 12.1 Å². The largest absolute Gasteiger partial charge is 0.340 e. The van der Waals surface area contributed by atoms with Crippen molar-refractivity contribution in [2.45, 2.75) is 45.2 Å². The summed E-state index contributed by atoms with van der Waals surface area (Å²) in [6.07, 6.45) is 1.81. The van der Waals surface area contributed by atoms with Crippen LogP contribution in [0.25, 0.3) is 0 Å². The van der Waals surface area contributed by atoms with Crippen molar-refractivity contribution in [2.24, 2.45) is 0 Å². The van der Waals surface area contributed by atoms with Gasteiger partial charge in [-0.2, -0.15) is 0 Å². The monoisotopic (exact) mass is 349 g/mol. The number of hydrogen-bond acceptors (Lipinski definition) is 3. The van der Waals surface area contributed by atoms with Gasteiger partial charge in [0.1, 0.15) is 5.82 Å². The van der Waals surface area contributed by atoms with Crippen LogP contribution < -0.4 is 0 Å². The second kappa shape index (κ2) is 9.30. The summed E-state index contributed by atoms with van der Waals surface area (Å²) < 4.78 is 13.6. The molecule has 1 fully saturated rings. The maximum atomic E-state index is 13.6. The molecule has 4 nitrogen and oxygen atoms in total. The van der Waals surface area contributed by atoms with Crippen LogP contribution in [0.4, 0.5) is 4.39 Å². The number of piperazine rings is 1. The summed E-state index contributed by atoms with van der Waals surface area (Å²) in [6, 6.07) is 7.57. The molecule has 2 unspecified atom stereocenters. The lowest BCUT2D eigenvalue weighted by atomic mass is 10.0. The van der Waals surface area contributed by atoms with Gasteiger partial charge in [0.15, 0.2) is 0 Å². The molecule has 1 aromatic carbocycles. The molecular formula is C20H32FN3O. The Morgan fingerprint density at radius 1 is 1.20 bits per heavy atom. The lowest BCUT2D eigenvalue weighted by Crippen LogP contribution is -2.59. The number of nitrogens with zero attached hydrogens (tertiary/aromatic N) is 3. The zero-order valence-corrected chi connectivity index (χ0v) is 16.0. The summed E-state index contributed by atoms with van der Waals surface area (Å²) in [6.45, 7) is 8.04. The third kappa shape index (κ3) is 5.79. The van der Waals surface area contributed by atoms with Crippen molar-refractivity contribution in [1.29, 1.82) is 0 Å². The molecule has 1 aliphatic heterocycles. The molecule has 0 radical (unpaired) electrons. The highest BCUT2D eigenvalue weighted by Gasteiger charge is 2.31. The zero-order valence-electron chi connectivity index (χ0n) is 16.0. The molecule has 0 aromatic heterocycles. The molecule has 5 heteroatoms. The van der Waals surface area contributed by atoms with Crippen LogP contribution >= 0.6 is 0 Å². The minimum Gasteiger partial charge on any atom is -0.340 e. The predicted molar refractivity (Wildman–Crippen MR) is 100 cm³/mol. The van der Waals surface area contributed by atoms with Gasteiger partial charge in [-0.25, -0.2) is 4.39 Å². The normalized spacial score (nSPS) is 21.8. The molecule has 140 valence electrons. The molecule has 25 heavy (non-hydrogen) atoms. The fourth-order valence-electron chi connectivity index (χ4n) is 3.61. The molecule has 1 heterocycles. The van der Waals surface area contributed by atoms with Gasteiger partial charge < -0.3 is 9.80 Å². The molecule has 0 N–H and O–H groups in total. The first kappa shape index (κ1) is 19.9. The second-order valence-electron chi connectivity index (χ2n) is 7.48. The lowest BCUT2D eigenvalue weighted by Gasteiger charge is -2.45. The lowest BCUT2D eigenvalue weighted by molar-refractivity contribution is -0.135. The zero-order chi connectivity index (χ0) is 18.4. The Morgan fingerprint density at radius 3 is 2.44 bits per heavy atom. The van der Waals surface area contributed by atoms with Crippen molar-refractivity contribution in [1.82, 2.24) is 14.7 Å². The summed E-state index contributed by atoms with van der Waals surface area (Å²) in [7, 11) is 4.18. The Morgan fingerprint density at radius 2 is 1.84 bits per heavy atom. The van der Waals surface area contributed by atoms with E-state index in [-0.39, 0.29) is 11.7 Å². The van der Waals surface area contributed by atoms with E-state index in [1.807, 2.05) is 11.0 Å². The SMILES string of the molecule is CC1CN(C(=O)CCCc2ccccc2F)CC(C)N1CCN(C)C. The number of hydrogen-bond donors (Lipinski definition) is 0. The van der Waals surface area contributed by atoms with Crippen molar-refractivity contribution in [3.05, 3.63) is 35.6 Å². The predicted octanol–water partition coefficient (Wildman–Crippen LogP) is 2.63. The maximum Gasteiger partial charge on any atom is 0.222 e. The summed E-state index contributed by atoms with van der Waals surface area (Å²) in [5, 5.41) is 0. The number of benzene rings is 1. The Kier molecular flexibility index (Phi) is 7.38. The van der Waals surface area contributed by atoms with E-state index in [9.17, 15) is 9.18 Å². The maximum absolute atomic E-state index is 13.6. The highest BCUT2D eigenvalue weighted by Crippen LogP contribution is 2.17. The minimum atomic E-state index is -0.174. The van der Waals surface area contributed by atoms with Crippen molar-refractivity contribution < 1.29 is 9.18 Å². The fraction of sp³-hybridized carbons (Fsp3) is 0.650. The van der Waals surface area contributed by atoms with E-state index in [0.717, 1.165) is 26.2 Å². The van der Waals surface area contributed by atoms with E-state index in [4.69, 9.17) is 0 Å². The van der Waals surface area contributed by atoms with Gasteiger partial charge in [-0.15, -0.1) is 0 Å². The quantitative estimate of drug-likeness (QED) is 0.757. The van der Waals surface area contributed by atoms with E-state index >= 15 is 0 Å². The van der Waals surface area contributed by atoms with E-state index in [1.165, 1.54) is 6.07 Å². The average Bonchev–Trinajstić information content (AvgIpc) is 2.55. The van der Waals surface area contributed by atoms with Crippen molar-refractivity contribution in [2.75, 3.05) is 40.3 Å². The molecule has 2 rings (SSSR count). The molecule has 0 saturated carbocycles. The van der Waals surface area contributed by atoms with Gasteiger partial charge in [-0.1, -0.05) is 18.2 Å². The Hall–Kier alpha value is -1.46. The highest BCUT2D eigenvalue weighted by atomic mass is 19.1. The number of likely N-dealkylation sites (N-methyl/N-ethyl adjacent to an activating group) is 1. The Bertz CT molecular complexity index is 552. The number of rotatable bonds is 7. The van der Waals surface area contributed by atoms with Gasteiger partial charge in [0.05, 0.1) is 0 Å². The molecule has 0 bridgehead atoms. The van der Waals surface area contributed by atoms with E-state index in [2.05, 4.69) is 37.7 Å². The van der Waals surface area contributed by atoms with Crippen LogP contribution in [-0.4, -0.2) is 73.0 Å². The van der Waals surface area contributed by atoms with Crippen LogP contribution in [0.3, 0.4) is 0 Å². The van der Waals surface area contributed by atoms with Crippen LogP contribution in [0.1, 0.15) is 32.3 Å². The number of carbonyl (C=O) groups is 1. The fourth-order valence-corrected chi connectivity index (χ4v) is 3.61. The molecule has 1 aliphatic rings. The third-order valence-electron chi connectivity index (χ3n) is 5.05. The molecule has 1 amide bonds. The van der Waals surface area contributed by atoms with E-state index in [0.29, 0.717) is 36.9 Å². The molecule has 1 aromatic rings. The van der Waals surface area contributed by atoms with Gasteiger partial charge in [-0.05, 0) is 52.4 Å². The van der Waals surface area contributed by atoms with Crippen LogP contribution in [-0.2, 0) is 11.2 Å². The first-order valence-electron chi connectivity index (χ1n) is 9.30. The number of aryl methyl sites for hydroxylation is 1. The summed E-state index contributed by atoms with van der Waals surface area (Å²) in [4.78, 5) is 19.2. The number of carbonyl (C=O) groups excluding carboxylic acids is 1. The van der Waals surface area contributed by atoms with Crippen LogP contribution in [0.15, 0.2) is 24.3 Å². The van der Waals surface area contributed by atoms with Gasteiger partial charge >= 0.3 is 0 Å². The van der Waals surface area contributed by atoms with Gasteiger partial charge in [0, 0.05) is 44.7 Å². The molecule has 0 spiro atoms. The summed E-state index contributed by atoms with van der Waals surface area (Å²) in [5.74, 6) is 0.0222. The first-order chi connectivity index (χ1) is 11.9. The first-order valence-corrected chi connectivity index (χ1v) is 9.30. The highest BCUT2D eigenvalue weighted by molar-refractivity contribution is 5.76. The molecule has 0 aliphatic carbocycles. The smallest absolute Gasteiger partial charge is 0.222 e. The minimum absolute atomic E-state index is 0.174. The third-order valence-corrected chi connectivity index (χ3v) is 5.05. The Labute approximate surface area is 151 Å². The standard InChI is InChI=1S/C20H32FN3O/c1-16-14-23(15-17(2)24(16)13-12-22(3)4)20(25)11-7-9-18-8-5-6-10-19(18)21/h5-6,8,10,16-17H,7,9,11-15H2,1-4H3. The van der Waals surface area contributed by atoms with Gasteiger partial charge in [0.2, 0.25) is 5.91 Å². The average molecular weight is 349 g/mol. The van der Waals surface area contributed by atoms with Crippen LogP contribution in [0, 0.1) is 5.82 Å². The van der Waals surface area contributed by atoms with Crippen LogP contribution in [0.5, 0.6) is 0 Å². The van der Waals surface area contributed by atoms with Crippen molar-refractivity contribution in [3.8, 4) is 0 Å². The molecule has 1 saturated heterocycles. The number of amides is 1. The Balaban J connectivity index is 1.80. The van der Waals surface area contributed by atoms with E-state index < -0.39 is 0 Å². The second-order valence-corrected chi connectivity index (χ2v) is 7.48. The number of halogens is 1. The molecular weight excluding hydrogens is 317 g/mol. The van der Waals surface area contributed by atoms with Gasteiger partial charge in [-0.3, -0.25) is 9.69 Å². The van der Waals surface area contributed by atoms with Crippen molar-refractivity contribution in [3.63, 3.8) is 0 Å². The van der Waals surface area contributed by atoms with Crippen molar-refractivity contribution >= 4 is 5.91 Å². The van der Waals surface area contributed by atoms with Crippen LogP contribution in [0.2, 0.25) is 0 Å². The molecule has 2 atom stereocenters. The summed E-state index contributed by atoms with van der Waals surface area (Å²) >= 11 is 0. The summed E-state index contributed by atoms with van der Waals surface area (Å²) in [5.41, 5.74) is 0.700. The topological polar surface area (TPSA) is 26.8 Å².